The van der Waals surface area contributed by atoms with E-state index in [1.807, 2.05) is 0 Å². The highest BCUT2D eigenvalue weighted by Gasteiger charge is 2.20. The molecular formula is C23H28N4O6S. The molecule has 11 heteroatoms. The largest absolute Gasteiger partial charge is 0.484 e. The van der Waals surface area contributed by atoms with Gasteiger partial charge in [0.25, 0.3) is 11.8 Å². The highest BCUT2D eigenvalue weighted by molar-refractivity contribution is 7.92. The molecule has 10 nitrogen and oxygen atoms in total. The first-order valence-electron chi connectivity index (χ1n) is 10.8. The summed E-state index contributed by atoms with van der Waals surface area (Å²) < 4.78 is 36.0. The van der Waals surface area contributed by atoms with Crippen LogP contribution in [0, 0.1) is 0 Å². The summed E-state index contributed by atoms with van der Waals surface area (Å²) in [5, 5.41) is 6.66. The lowest BCUT2D eigenvalue weighted by Crippen LogP contribution is -2.38. The van der Waals surface area contributed by atoms with Crippen LogP contribution in [0.25, 0.3) is 0 Å². The number of benzene rings is 2. The van der Waals surface area contributed by atoms with Gasteiger partial charge in [-0.1, -0.05) is 18.2 Å². The van der Waals surface area contributed by atoms with Gasteiger partial charge in [0.05, 0.1) is 24.3 Å². The average Bonchev–Trinajstić information content (AvgIpc) is 3.34. The van der Waals surface area contributed by atoms with Crippen LogP contribution < -0.4 is 19.8 Å². The summed E-state index contributed by atoms with van der Waals surface area (Å²) in [5.74, 6) is -0.290. The number of anilines is 1. The minimum absolute atomic E-state index is 0.0794. The molecule has 0 aliphatic carbocycles. The van der Waals surface area contributed by atoms with Crippen molar-refractivity contribution in [1.29, 1.82) is 0 Å². The van der Waals surface area contributed by atoms with Crippen LogP contribution in [-0.2, 0) is 24.3 Å². The Labute approximate surface area is 199 Å². The highest BCUT2D eigenvalue weighted by Crippen LogP contribution is 2.16. The lowest BCUT2D eigenvalue weighted by Gasteiger charge is -2.21. The fourth-order valence-corrected chi connectivity index (χ4v) is 4.08. The summed E-state index contributed by atoms with van der Waals surface area (Å²) in [6.07, 6.45) is 4.50. The first kappa shape index (κ1) is 25.2. The third kappa shape index (κ3) is 8.16. The summed E-state index contributed by atoms with van der Waals surface area (Å²) in [5.41, 5.74) is 3.39. The van der Waals surface area contributed by atoms with E-state index in [1.165, 1.54) is 6.21 Å². The van der Waals surface area contributed by atoms with E-state index in [9.17, 15) is 18.0 Å². The average molecular weight is 489 g/mol. The molecule has 34 heavy (non-hydrogen) atoms. The van der Waals surface area contributed by atoms with Crippen LogP contribution in [0.15, 0.2) is 59.7 Å². The molecule has 1 saturated heterocycles. The fourth-order valence-electron chi connectivity index (χ4n) is 3.22. The number of carbonyl (C=O) groups excluding carboxylic acids is 2. The van der Waals surface area contributed by atoms with Crippen molar-refractivity contribution in [3.8, 4) is 5.75 Å². The molecule has 1 aliphatic heterocycles. The second kappa shape index (κ2) is 12.1. The van der Waals surface area contributed by atoms with Crippen LogP contribution in [0.4, 0.5) is 5.69 Å². The maximum absolute atomic E-state index is 12.2. The van der Waals surface area contributed by atoms with E-state index in [0.29, 0.717) is 23.5 Å². The number of para-hydroxylation sites is 1. The van der Waals surface area contributed by atoms with E-state index in [-0.39, 0.29) is 18.6 Å². The molecule has 0 aromatic heterocycles. The first-order chi connectivity index (χ1) is 16.3. The molecule has 1 fully saturated rings. The number of nitrogens with one attached hydrogen (secondary N) is 2. The second-order valence-corrected chi connectivity index (χ2v) is 9.60. The number of nitrogens with zero attached hydrogens (tertiary/aromatic N) is 2. The van der Waals surface area contributed by atoms with Gasteiger partial charge in [-0.2, -0.15) is 5.10 Å². The number of rotatable bonds is 11. The predicted molar refractivity (Wildman–Crippen MR) is 128 cm³/mol. The molecule has 2 N–H and O–H groups in total. The van der Waals surface area contributed by atoms with Gasteiger partial charge in [0.2, 0.25) is 10.0 Å². The van der Waals surface area contributed by atoms with Crippen molar-refractivity contribution >= 4 is 33.7 Å². The third-order valence-electron chi connectivity index (χ3n) is 4.94. The molecule has 0 spiro atoms. The van der Waals surface area contributed by atoms with Gasteiger partial charge in [0.15, 0.2) is 6.61 Å². The Morgan fingerprint density at radius 1 is 1.15 bits per heavy atom. The van der Waals surface area contributed by atoms with Crippen molar-refractivity contribution in [3.63, 3.8) is 0 Å². The molecule has 2 amide bonds. The van der Waals surface area contributed by atoms with Gasteiger partial charge in [-0.25, -0.2) is 13.8 Å². The summed E-state index contributed by atoms with van der Waals surface area (Å²) in [7, 11) is -3.64. The summed E-state index contributed by atoms with van der Waals surface area (Å²) in [6.45, 7) is 0.718. The lowest BCUT2D eigenvalue weighted by molar-refractivity contribution is -0.123. The first-order valence-corrected chi connectivity index (χ1v) is 12.6. The van der Waals surface area contributed by atoms with Gasteiger partial charge < -0.3 is 14.8 Å². The maximum Gasteiger partial charge on any atom is 0.260 e. The Bertz CT molecular complexity index is 1080. The zero-order chi connectivity index (χ0) is 24.4. The molecule has 1 aliphatic rings. The number of hydrogen-bond donors (Lipinski definition) is 2. The Morgan fingerprint density at radius 2 is 1.88 bits per heavy atom. The zero-order valence-corrected chi connectivity index (χ0v) is 19.7. The number of sulfonamides is 1. The van der Waals surface area contributed by atoms with Crippen molar-refractivity contribution < 1.29 is 27.5 Å². The molecule has 1 heterocycles. The summed E-state index contributed by atoms with van der Waals surface area (Å²) in [6, 6.07) is 15.1. The number of carbonyl (C=O) groups is 2. The molecule has 0 bridgehead atoms. The van der Waals surface area contributed by atoms with Gasteiger partial charge >= 0.3 is 0 Å². The predicted octanol–water partition coefficient (Wildman–Crippen LogP) is 1.28. The van der Waals surface area contributed by atoms with Gasteiger partial charge in [-0.05, 0) is 54.8 Å². The molecule has 2 aromatic rings. The summed E-state index contributed by atoms with van der Waals surface area (Å²) >= 11 is 0. The number of amides is 2. The van der Waals surface area contributed by atoms with Crippen LogP contribution in [0.1, 0.15) is 18.4 Å². The van der Waals surface area contributed by atoms with Crippen molar-refractivity contribution in [2.75, 3.05) is 36.9 Å². The second-order valence-electron chi connectivity index (χ2n) is 7.70. The minimum atomic E-state index is -3.64. The van der Waals surface area contributed by atoms with Gasteiger partial charge in [0, 0.05) is 13.2 Å². The van der Waals surface area contributed by atoms with Crippen LogP contribution >= 0.6 is 0 Å². The Kier molecular flexibility index (Phi) is 9.00. The normalized spacial score (nSPS) is 15.7. The van der Waals surface area contributed by atoms with E-state index in [2.05, 4.69) is 15.8 Å². The summed E-state index contributed by atoms with van der Waals surface area (Å²) in [4.78, 5) is 24.1. The standard InChI is InChI=1S/C23H28N4O6S/c1-34(30,31)27(19-6-3-2-4-7-19)16-22(28)26-25-14-18-9-11-20(12-10-18)33-17-23(29)24-15-21-8-5-13-32-21/h2-4,6-7,9-12,14,21H,5,8,13,15-17H2,1H3,(H,24,29)(H,26,28)/b25-14-/t21-/m0/s1. The van der Waals surface area contributed by atoms with E-state index in [1.54, 1.807) is 54.6 Å². The van der Waals surface area contributed by atoms with Crippen LogP contribution in [0.2, 0.25) is 0 Å². The van der Waals surface area contributed by atoms with E-state index < -0.39 is 22.5 Å². The molecule has 0 radical (unpaired) electrons. The van der Waals surface area contributed by atoms with Gasteiger partial charge in [-0.15, -0.1) is 0 Å². The molecule has 0 saturated carbocycles. The Balaban J connectivity index is 1.43. The van der Waals surface area contributed by atoms with Crippen LogP contribution in [0.3, 0.4) is 0 Å². The molecule has 2 aromatic carbocycles. The number of hydrazone groups is 1. The van der Waals surface area contributed by atoms with Crippen molar-refractivity contribution in [2.45, 2.75) is 18.9 Å². The molecule has 0 unspecified atom stereocenters. The third-order valence-corrected chi connectivity index (χ3v) is 6.08. The van der Waals surface area contributed by atoms with E-state index >= 15 is 0 Å². The highest BCUT2D eigenvalue weighted by atomic mass is 32.2. The Hall–Kier alpha value is -3.44. The van der Waals surface area contributed by atoms with Gasteiger partial charge in [-0.3, -0.25) is 13.9 Å². The zero-order valence-electron chi connectivity index (χ0n) is 18.8. The van der Waals surface area contributed by atoms with Crippen LogP contribution in [-0.4, -0.2) is 65.1 Å². The number of ether oxygens (including phenoxy) is 2. The quantitative estimate of drug-likeness (QED) is 0.362. The van der Waals surface area contributed by atoms with Crippen molar-refractivity contribution in [3.05, 3.63) is 60.2 Å². The van der Waals surface area contributed by atoms with Gasteiger partial charge in [0.1, 0.15) is 12.3 Å². The monoisotopic (exact) mass is 488 g/mol. The fraction of sp³-hybridized carbons (Fsp3) is 0.348. The lowest BCUT2D eigenvalue weighted by atomic mass is 10.2. The SMILES string of the molecule is CS(=O)(=O)N(CC(=O)N/N=C\c1ccc(OCC(=O)NC[C@@H]2CCCO2)cc1)c1ccccc1. The van der Waals surface area contributed by atoms with E-state index in [4.69, 9.17) is 9.47 Å². The molecule has 1 atom stereocenters. The number of hydrogen-bond acceptors (Lipinski definition) is 7. The molecular weight excluding hydrogens is 460 g/mol. The molecule has 182 valence electrons. The Morgan fingerprint density at radius 3 is 2.53 bits per heavy atom. The minimum Gasteiger partial charge on any atom is -0.484 e. The smallest absolute Gasteiger partial charge is 0.260 e. The van der Waals surface area contributed by atoms with Crippen molar-refractivity contribution in [1.82, 2.24) is 10.7 Å². The maximum atomic E-state index is 12.2. The van der Waals surface area contributed by atoms with Crippen LogP contribution in [0.5, 0.6) is 5.75 Å². The van der Waals surface area contributed by atoms with E-state index in [0.717, 1.165) is 30.0 Å². The topological polar surface area (TPSA) is 126 Å². The van der Waals surface area contributed by atoms with Crippen molar-refractivity contribution in [2.24, 2.45) is 5.10 Å². The molecule has 3 rings (SSSR count).